The largest absolute Gasteiger partial charge is 0.338 e. The predicted octanol–water partition coefficient (Wildman–Crippen LogP) is 4.89. The Bertz CT molecular complexity index is 975. The van der Waals surface area contributed by atoms with Crippen LogP contribution in [0.3, 0.4) is 0 Å². The number of nitrogens with zero attached hydrogens (tertiary/aromatic N) is 3. The highest BCUT2D eigenvalue weighted by Crippen LogP contribution is 2.26. The highest BCUT2D eigenvalue weighted by atomic mass is 35.5. The third kappa shape index (κ3) is 5.69. The molecule has 0 bridgehead atoms. The van der Waals surface area contributed by atoms with Crippen LogP contribution in [0.25, 0.3) is 5.69 Å². The van der Waals surface area contributed by atoms with E-state index in [1.807, 2.05) is 33.8 Å². The minimum atomic E-state index is -0.0726. The smallest absolute Gasteiger partial charge is 0.315 e. The van der Waals surface area contributed by atoms with Crippen molar-refractivity contribution in [3.8, 4) is 5.69 Å². The Morgan fingerprint density at radius 1 is 1.03 bits per heavy atom. The van der Waals surface area contributed by atoms with E-state index in [0.717, 1.165) is 37.1 Å². The van der Waals surface area contributed by atoms with Gasteiger partial charge in [-0.2, -0.15) is 5.10 Å². The zero-order valence-corrected chi connectivity index (χ0v) is 20.3. The Morgan fingerprint density at radius 2 is 1.70 bits per heavy atom. The highest BCUT2D eigenvalue weighted by molar-refractivity contribution is 6.30. The molecule has 2 aromatic rings. The summed E-state index contributed by atoms with van der Waals surface area (Å²) >= 11 is 6.17. The maximum atomic E-state index is 13.4. The molecule has 0 unspecified atom stereocenters. The van der Waals surface area contributed by atoms with Gasteiger partial charge in [0, 0.05) is 30.2 Å². The summed E-state index contributed by atoms with van der Waals surface area (Å²) in [5.74, 6) is 0.116. The number of benzene rings is 1. The SMILES string of the molecule is CC(C)c1c(C(=O)N2CCC(NC(=O)NC3CCCCC3)CC2)cnn1-c1cccc(Cl)c1. The Balaban J connectivity index is 1.37. The second-order valence-electron chi connectivity index (χ2n) is 9.51. The maximum Gasteiger partial charge on any atom is 0.315 e. The molecule has 1 aromatic heterocycles. The molecule has 4 rings (SSSR count). The summed E-state index contributed by atoms with van der Waals surface area (Å²) in [4.78, 5) is 27.6. The molecule has 0 atom stereocenters. The monoisotopic (exact) mass is 471 g/mol. The third-order valence-electron chi connectivity index (χ3n) is 6.69. The summed E-state index contributed by atoms with van der Waals surface area (Å²) in [6, 6.07) is 7.81. The number of amides is 3. The third-order valence-corrected chi connectivity index (χ3v) is 6.93. The van der Waals surface area contributed by atoms with Gasteiger partial charge in [-0.1, -0.05) is 50.8 Å². The number of hydrogen-bond donors (Lipinski definition) is 2. The van der Waals surface area contributed by atoms with Gasteiger partial charge in [-0.25, -0.2) is 9.48 Å². The van der Waals surface area contributed by atoms with Crippen molar-refractivity contribution >= 4 is 23.5 Å². The number of piperidine rings is 1. The van der Waals surface area contributed by atoms with Crippen molar-refractivity contribution < 1.29 is 9.59 Å². The zero-order chi connectivity index (χ0) is 23.4. The summed E-state index contributed by atoms with van der Waals surface area (Å²) in [7, 11) is 0. The second-order valence-corrected chi connectivity index (χ2v) is 9.95. The van der Waals surface area contributed by atoms with Crippen molar-refractivity contribution in [1.29, 1.82) is 0 Å². The van der Waals surface area contributed by atoms with Gasteiger partial charge in [0.1, 0.15) is 0 Å². The molecule has 178 valence electrons. The summed E-state index contributed by atoms with van der Waals surface area (Å²) in [6.45, 7) is 5.37. The molecular weight excluding hydrogens is 438 g/mol. The summed E-state index contributed by atoms with van der Waals surface area (Å²) in [5.41, 5.74) is 2.36. The first-order valence-corrected chi connectivity index (χ1v) is 12.5. The van der Waals surface area contributed by atoms with Crippen LogP contribution in [-0.2, 0) is 0 Å². The molecule has 1 aromatic carbocycles. The van der Waals surface area contributed by atoms with E-state index in [1.165, 1.54) is 19.3 Å². The quantitative estimate of drug-likeness (QED) is 0.651. The van der Waals surface area contributed by atoms with E-state index in [2.05, 4.69) is 29.6 Å². The first kappa shape index (κ1) is 23.6. The summed E-state index contributed by atoms with van der Waals surface area (Å²) in [5, 5.41) is 11.4. The fourth-order valence-corrected chi connectivity index (χ4v) is 5.13. The van der Waals surface area contributed by atoms with E-state index < -0.39 is 0 Å². The Morgan fingerprint density at radius 3 is 2.33 bits per heavy atom. The van der Waals surface area contributed by atoms with Gasteiger partial charge >= 0.3 is 6.03 Å². The molecule has 3 amide bonds. The number of halogens is 1. The van der Waals surface area contributed by atoms with Crippen molar-refractivity contribution in [2.75, 3.05) is 13.1 Å². The van der Waals surface area contributed by atoms with Crippen molar-refractivity contribution in [3.05, 3.63) is 46.7 Å². The topological polar surface area (TPSA) is 79.3 Å². The van der Waals surface area contributed by atoms with Crippen molar-refractivity contribution in [1.82, 2.24) is 25.3 Å². The van der Waals surface area contributed by atoms with Gasteiger partial charge in [0.25, 0.3) is 5.91 Å². The number of carbonyl (C=O) groups excluding carboxylic acids is 2. The van der Waals surface area contributed by atoms with E-state index in [0.29, 0.717) is 29.7 Å². The molecule has 2 N–H and O–H groups in total. The number of carbonyl (C=O) groups is 2. The fraction of sp³-hybridized carbons (Fsp3) is 0.560. The molecule has 1 aliphatic carbocycles. The van der Waals surface area contributed by atoms with Gasteiger partial charge in [0.05, 0.1) is 23.1 Å². The van der Waals surface area contributed by atoms with Crippen LogP contribution in [0.15, 0.2) is 30.5 Å². The molecule has 1 aliphatic heterocycles. The summed E-state index contributed by atoms with van der Waals surface area (Å²) in [6.07, 6.45) is 8.97. The van der Waals surface area contributed by atoms with Gasteiger partial charge in [-0.3, -0.25) is 4.79 Å². The molecule has 2 aliphatic rings. The van der Waals surface area contributed by atoms with Crippen LogP contribution < -0.4 is 10.6 Å². The van der Waals surface area contributed by atoms with Crippen LogP contribution in [0.2, 0.25) is 5.02 Å². The van der Waals surface area contributed by atoms with Crippen LogP contribution in [0.5, 0.6) is 0 Å². The lowest BCUT2D eigenvalue weighted by molar-refractivity contribution is 0.0706. The van der Waals surface area contributed by atoms with Gasteiger partial charge in [0.15, 0.2) is 0 Å². The minimum Gasteiger partial charge on any atom is -0.338 e. The van der Waals surface area contributed by atoms with Crippen molar-refractivity contribution in [3.63, 3.8) is 0 Å². The molecule has 8 heteroatoms. The molecule has 1 saturated carbocycles. The lowest BCUT2D eigenvalue weighted by Gasteiger charge is -2.33. The zero-order valence-electron chi connectivity index (χ0n) is 19.5. The van der Waals surface area contributed by atoms with Gasteiger partial charge in [0.2, 0.25) is 0 Å². The van der Waals surface area contributed by atoms with Gasteiger partial charge in [-0.15, -0.1) is 0 Å². The first-order valence-electron chi connectivity index (χ1n) is 12.1. The molecule has 33 heavy (non-hydrogen) atoms. The standard InChI is InChI=1S/C25H34ClN5O2/c1-17(2)23-22(16-27-31(23)21-10-6-7-18(26)15-21)24(32)30-13-11-20(12-14-30)29-25(33)28-19-8-4-3-5-9-19/h6-7,10,15-17,19-20H,3-5,8-9,11-14H2,1-2H3,(H2,28,29,33). The van der Waals surface area contributed by atoms with Crippen molar-refractivity contribution in [2.24, 2.45) is 0 Å². The number of likely N-dealkylation sites (tertiary alicyclic amines) is 1. The molecule has 2 fully saturated rings. The number of rotatable bonds is 5. The van der Waals surface area contributed by atoms with Gasteiger partial charge < -0.3 is 15.5 Å². The average molecular weight is 472 g/mol. The predicted molar refractivity (Wildman–Crippen MR) is 130 cm³/mol. The first-order chi connectivity index (χ1) is 15.9. The van der Waals surface area contributed by atoms with Crippen LogP contribution in [0, 0.1) is 0 Å². The molecular formula is C25H34ClN5O2. The summed E-state index contributed by atoms with van der Waals surface area (Å²) < 4.78 is 1.81. The second kappa shape index (κ2) is 10.6. The number of aromatic nitrogens is 2. The maximum absolute atomic E-state index is 13.4. The molecule has 2 heterocycles. The Labute approximate surface area is 200 Å². The minimum absolute atomic E-state index is 0.00270. The van der Waals surface area contributed by atoms with E-state index in [4.69, 9.17) is 11.6 Å². The number of nitrogens with one attached hydrogen (secondary N) is 2. The molecule has 0 radical (unpaired) electrons. The van der Waals surface area contributed by atoms with E-state index in [9.17, 15) is 9.59 Å². The lowest BCUT2D eigenvalue weighted by Crippen LogP contribution is -2.51. The van der Waals surface area contributed by atoms with E-state index in [1.54, 1.807) is 6.20 Å². The number of urea groups is 1. The Hall–Kier alpha value is -2.54. The average Bonchev–Trinajstić information content (AvgIpc) is 3.25. The normalized spacial score (nSPS) is 17.9. The molecule has 0 spiro atoms. The van der Waals surface area contributed by atoms with Crippen LogP contribution >= 0.6 is 11.6 Å². The van der Waals surface area contributed by atoms with Crippen LogP contribution in [0.1, 0.15) is 80.8 Å². The fourth-order valence-electron chi connectivity index (χ4n) is 4.95. The number of hydrogen-bond acceptors (Lipinski definition) is 3. The highest BCUT2D eigenvalue weighted by Gasteiger charge is 2.29. The van der Waals surface area contributed by atoms with Crippen molar-refractivity contribution in [2.45, 2.75) is 76.8 Å². The molecule has 7 nitrogen and oxygen atoms in total. The Kier molecular flexibility index (Phi) is 7.58. The van der Waals surface area contributed by atoms with Crippen LogP contribution in [0.4, 0.5) is 4.79 Å². The van der Waals surface area contributed by atoms with E-state index >= 15 is 0 Å². The van der Waals surface area contributed by atoms with Gasteiger partial charge in [-0.05, 0) is 49.8 Å². The van der Waals surface area contributed by atoms with E-state index in [-0.39, 0.29) is 23.9 Å². The molecule has 1 saturated heterocycles. The van der Waals surface area contributed by atoms with Crippen LogP contribution in [-0.4, -0.2) is 51.8 Å². The lowest BCUT2D eigenvalue weighted by atomic mass is 9.96.